The van der Waals surface area contributed by atoms with E-state index in [0.717, 1.165) is 18.8 Å². The lowest BCUT2D eigenvalue weighted by Crippen LogP contribution is -2.40. The smallest absolute Gasteiger partial charge is 0.335 e. The first-order chi connectivity index (χ1) is 11.5. The molecule has 1 fully saturated rings. The van der Waals surface area contributed by atoms with E-state index in [1.165, 1.54) is 37.8 Å². The maximum absolute atomic E-state index is 11.9. The molecule has 132 valence electrons. The molecule has 1 saturated carbocycles. The maximum Gasteiger partial charge on any atom is 0.335 e. The molecule has 1 aromatic carbocycles. The van der Waals surface area contributed by atoms with E-state index in [-0.39, 0.29) is 11.5 Å². The van der Waals surface area contributed by atoms with Crippen LogP contribution in [-0.2, 0) is 9.53 Å². The molecule has 0 aliphatic heterocycles. The fourth-order valence-corrected chi connectivity index (χ4v) is 3.44. The van der Waals surface area contributed by atoms with E-state index < -0.39 is 5.97 Å². The second kappa shape index (κ2) is 9.66. The number of ether oxygens (including phenoxy) is 1. The van der Waals surface area contributed by atoms with Crippen LogP contribution in [0.1, 0.15) is 42.5 Å². The molecule has 6 nitrogen and oxygen atoms in total. The lowest BCUT2D eigenvalue weighted by Gasteiger charge is -2.10. The van der Waals surface area contributed by atoms with Gasteiger partial charge in [0.2, 0.25) is 5.91 Å². The average molecular weight is 353 g/mol. The Morgan fingerprint density at radius 3 is 2.75 bits per heavy atom. The molecule has 7 heteroatoms. The lowest BCUT2D eigenvalue weighted by atomic mass is 10.2. The second-order valence-electron chi connectivity index (χ2n) is 5.96. The fourth-order valence-electron chi connectivity index (χ4n) is 2.72. The minimum atomic E-state index is -1.03. The van der Waals surface area contributed by atoms with Crippen molar-refractivity contribution in [2.45, 2.75) is 38.2 Å². The number of carboxylic acid groups (broad SMARTS) is 1. The molecule has 0 spiro atoms. The van der Waals surface area contributed by atoms with Crippen molar-refractivity contribution in [1.82, 2.24) is 0 Å². The third-order valence-electron chi connectivity index (χ3n) is 3.85. The minimum Gasteiger partial charge on any atom is -0.478 e. The summed E-state index contributed by atoms with van der Waals surface area (Å²) in [4.78, 5) is 22.9. The normalized spacial score (nSPS) is 14.7. The summed E-state index contributed by atoms with van der Waals surface area (Å²) in [5.41, 5.74) is 4.87. The van der Waals surface area contributed by atoms with Crippen LogP contribution in [0.3, 0.4) is 0 Å². The highest BCUT2D eigenvalue weighted by Crippen LogP contribution is 2.21. The van der Waals surface area contributed by atoms with Gasteiger partial charge in [0.05, 0.1) is 17.4 Å². The zero-order valence-electron chi connectivity index (χ0n) is 13.8. The summed E-state index contributed by atoms with van der Waals surface area (Å²) >= 11 is 1.55. The quantitative estimate of drug-likeness (QED) is 0.591. The van der Waals surface area contributed by atoms with Crippen molar-refractivity contribution in [3.05, 3.63) is 23.8 Å². The number of anilines is 1. The van der Waals surface area contributed by atoms with Gasteiger partial charge >= 0.3 is 5.97 Å². The number of rotatable bonds is 9. The van der Waals surface area contributed by atoms with Gasteiger partial charge in [-0.25, -0.2) is 4.79 Å². The van der Waals surface area contributed by atoms with Gasteiger partial charge in [-0.1, -0.05) is 12.8 Å². The van der Waals surface area contributed by atoms with Crippen molar-refractivity contribution in [2.75, 3.05) is 23.4 Å². The fraction of sp³-hybridized carbons (Fsp3) is 0.529. The molecule has 0 aromatic heterocycles. The SMILES string of the molecule is [NH3+]c1cc(NC(=O)CSCCCOC2CCCC2)cc(C(=O)O)c1. The molecule has 1 aromatic rings. The Labute approximate surface area is 146 Å². The van der Waals surface area contributed by atoms with E-state index in [2.05, 4.69) is 11.1 Å². The van der Waals surface area contributed by atoms with Gasteiger partial charge in [0.25, 0.3) is 0 Å². The second-order valence-corrected chi connectivity index (χ2v) is 7.06. The van der Waals surface area contributed by atoms with Crippen LogP contribution < -0.4 is 11.1 Å². The molecule has 0 bridgehead atoms. The summed E-state index contributed by atoms with van der Waals surface area (Å²) in [5.74, 6) is 0.0367. The third-order valence-corrected chi connectivity index (χ3v) is 4.89. The Hall–Kier alpha value is -1.57. The number of hydrogen-bond donors (Lipinski definition) is 3. The van der Waals surface area contributed by atoms with Crippen molar-refractivity contribution in [3.63, 3.8) is 0 Å². The predicted octanol–water partition coefficient (Wildman–Crippen LogP) is 2.28. The van der Waals surface area contributed by atoms with E-state index in [1.807, 2.05) is 0 Å². The Kier molecular flexibility index (Phi) is 7.55. The molecule has 24 heavy (non-hydrogen) atoms. The molecule has 0 saturated heterocycles. The molecule has 0 atom stereocenters. The number of hydrogen-bond acceptors (Lipinski definition) is 4. The highest BCUT2D eigenvalue weighted by molar-refractivity contribution is 7.99. The molecule has 1 amide bonds. The first-order valence-electron chi connectivity index (χ1n) is 8.24. The number of aromatic carboxylic acids is 1. The molecule has 2 rings (SSSR count). The summed E-state index contributed by atoms with van der Waals surface area (Å²) in [6.07, 6.45) is 6.29. The number of thioether (sulfide) groups is 1. The highest BCUT2D eigenvalue weighted by Gasteiger charge is 2.14. The van der Waals surface area contributed by atoms with Crippen molar-refractivity contribution in [2.24, 2.45) is 0 Å². The molecule has 1 aliphatic carbocycles. The Morgan fingerprint density at radius 1 is 1.29 bits per heavy atom. The molecule has 0 unspecified atom stereocenters. The molecule has 0 heterocycles. The highest BCUT2D eigenvalue weighted by atomic mass is 32.2. The number of benzene rings is 1. The van der Waals surface area contributed by atoms with Gasteiger partial charge in [0.15, 0.2) is 0 Å². The van der Waals surface area contributed by atoms with Crippen LogP contribution in [0.15, 0.2) is 18.2 Å². The number of quaternary nitrogens is 1. The molecule has 1 aliphatic rings. The van der Waals surface area contributed by atoms with Crippen LogP contribution in [0.25, 0.3) is 0 Å². The van der Waals surface area contributed by atoms with E-state index >= 15 is 0 Å². The molecular weight excluding hydrogens is 328 g/mol. The van der Waals surface area contributed by atoms with Gasteiger partial charge in [-0.3, -0.25) is 4.79 Å². The number of carbonyl (C=O) groups excluding carboxylic acids is 1. The van der Waals surface area contributed by atoms with E-state index in [9.17, 15) is 9.59 Å². The number of nitrogens with one attached hydrogen (secondary N) is 1. The average Bonchev–Trinajstić information content (AvgIpc) is 3.03. The lowest BCUT2D eigenvalue weighted by molar-refractivity contribution is -0.254. The first-order valence-corrected chi connectivity index (χ1v) is 9.39. The van der Waals surface area contributed by atoms with Gasteiger partial charge in [0.1, 0.15) is 5.69 Å². The summed E-state index contributed by atoms with van der Waals surface area (Å²) in [6, 6.07) is 4.57. The van der Waals surface area contributed by atoms with Crippen LogP contribution in [0.2, 0.25) is 0 Å². The van der Waals surface area contributed by atoms with Crippen molar-refractivity contribution < 1.29 is 25.2 Å². The molecule has 5 N–H and O–H groups in total. The predicted molar refractivity (Wildman–Crippen MR) is 94.7 cm³/mol. The van der Waals surface area contributed by atoms with Crippen LogP contribution >= 0.6 is 11.8 Å². The van der Waals surface area contributed by atoms with Crippen LogP contribution in [0, 0.1) is 0 Å². The topological polar surface area (TPSA) is 103 Å². The Morgan fingerprint density at radius 2 is 2.04 bits per heavy atom. The van der Waals surface area contributed by atoms with Crippen molar-refractivity contribution in [1.29, 1.82) is 0 Å². The third kappa shape index (κ3) is 6.51. The number of amides is 1. The monoisotopic (exact) mass is 353 g/mol. The van der Waals surface area contributed by atoms with E-state index in [0.29, 0.717) is 23.2 Å². The van der Waals surface area contributed by atoms with Gasteiger partial charge in [-0.15, -0.1) is 0 Å². The van der Waals surface area contributed by atoms with Gasteiger partial charge in [0, 0.05) is 24.4 Å². The molecule has 0 radical (unpaired) electrons. The van der Waals surface area contributed by atoms with Gasteiger partial charge in [-0.2, -0.15) is 11.8 Å². The van der Waals surface area contributed by atoms with Crippen LogP contribution in [0.5, 0.6) is 0 Å². The zero-order chi connectivity index (χ0) is 17.4. The van der Waals surface area contributed by atoms with Crippen LogP contribution in [0.4, 0.5) is 11.4 Å². The Balaban J connectivity index is 1.63. The van der Waals surface area contributed by atoms with E-state index in [4.69, 9.17) is 9.84 Å². The summed E-state index contributed by atoms with van der Waals surface area (Å²) in [5, 5.41) is 11.7. The Bertz CT molecular complexity index is 574. The number of carboxylic acids is 1. The first kappa shape index (κ1) is 18.8. The van der Waals surface area contributed by atoms with Gasteiger partial charge in [-0.05, 0) is 31.1 Å². The standard InChI is InChI=1S/C17H24N2O4S/c18-13-8-12(17(21)22)9-14(10-13)19-16(20)11-24-7-3-6-23-15-4-1-2-5-15/h8-10,15H,1-7,11,18H2,(H,19,20)(H,21,22)/p+1. The van der Waals surface area contributed by atoms with Crippen molar-refractivity contribution >= 4 is 35.0 Å². The summed E-state index contributed by atoms with van der Waals surface area (Å²) in [6.45, 7) is 0.755. The minimum absolute atomic E-state index is 0.120. The maximum atomic E-state index is 11.9. The number of carbonyl (C=O) groups is 2. The summed E-state index contributed by atoms with van der Waals surface area (Å²) in [7, 11) is 0. The van der Waals surface area contributed by atoms with Crippen LogP contribution in [-0.4, -0.2) is 41.2 Å². The van der Waals surface area contributed by atoms with E-state index in [1.54, 1.807) is 17.8 Å². The zero-order valence-corrected chi connectivity index (χ0v) is 14.6. The van der Waals surface area contributed by atoms with Gasteiger partial charge < -0.3 is 20.9 Å². The van der Waals surface area contributed by atoms with Crippen molar-refractivity contribution in [3.8, 4) is 0 Å². The molecular formula is C17H25N2O4S+. The summed E-state index contributed by atoms with van der Waals surface area (Å²) < 4.78 is 5.78. The largest absolute Gasteiger partial charge is 0.478 e.